The second kappa shape index (κ2) is 10.4. The summed E-state index contributed by atoms with van der Waals surface area (Å²) in [5, 5.41) is 10.7. The molecule has 11 nitrogen and oxygen atoms in total. The fourth-order valence-corrected chi connectivity index (χ4v) is 2.65. The Morgan fingerprint density at radius 1 is 1.13 bits per heavy atom. The largest absolute Gasteiger partial charge is 0.423 e. The highest BCUT2D eigenvalue weighted by Crippen LogP contribution is 2.30. The van der Waals surface area contributed by atoms with Gasteiger partial charge in [-0.3, -0.25) is 14.5 Å². The first-order chi connectivity index (χ1) is 14.5. The number of aromatic nitrogens is 1. The monoisotopic (exact) mass is 413 g/mol. The van der Waals surface area contributed by atoms with E-state index in [4.69, 9.17) is 20.9 Å². The van der Waals surface area contributed by atoms with Crippen molar-refractivity contribution in [1.29, 1.82) is 0 Å². The number of morpholine rings is 1. The summed E-state index contributed by atoms with van der Waals surface area (Å²) in [6.07, 6.45) is 0. The molecule has 2 heterocycles. The number of pyridine rings is 1. The van der Waals surface area contributed by atoms with Gasteiger partial charge in [-0.05, 0) is 24.3 Å². The van der Waals surface area contributed by atoms with Gasteiger partial charge in [0.15, 0.2) is 11.6 Å². The molecule has 1 saturated heterocycles. The molecule has 11 heteroatoms. The van der Waals surface area contributed by atoms with E-state index in [9.17, 15) is 9.59 Å². The first kappa shape index (κ1) is 21.3. The van der Waals surface area contributed by atoms with Gasteiger partial charge in [-0.15, -0.1) is 10.2 Å². The Bertz CT molecular complexity index is 929. The maximum absolute atomic E-state index is 12.3. The Kier molecular flexibility index (Phi) is 7.38. The summed E-state index contributed by atoms with van der Waals surface area (Å²) in [6.45, 7) is 2.57. The van der Waals surface area contributed by atoms with Gasteiger partial charge in [-0.25, -0.2) is 4.98 Å². The minimum atomic E-state index is -0.388. The highest BCUT2D eigenvalue weighted by molar-refractivity contribution is 5.91. The first-order valence-corrected chi connectivity index (χ1v) is 9.33. The average molecular weight is 413 g/mol. The Morgan fingerprint density at radius 2 is 1.87 bits per heavy atom. The summed E-state index contributed by atoms with van der Waals surface area (Å²) in [7, 11) is 0. The molecule has 1 amide bonds. The van der Waals surface area contributed by atoms with E-state index < -0.39 is 0 Å². The number of hydrogen-bond acceptors (Lipinski definition) is 10. The van der Waals surface area contributed by atoms with Crippen LogP contribution in [0, 0.1) is 0 Å². The lowest BCUT2D eigenvalue weighted by Crippen LogP contribution is -2.40. The zero-order chi connectivity index (χ0) is 21.3. The van der Waals surface area contributed by atoms with Crippen LogP contribution >= 0.6 is 0 Å². The second-order valence-electron chi connectivity index (χ2n) is 6.38. The summed E-state index contributed by atoms with van der Waals surface area (Å²) in [5.41, 5.74) is 11.8. The molecular formula is C19H23N7O4. The normalized spacial score (nSPS) is 14.6. The van der Waals surface area contributed by atoms with Crippen molar-refractivity contribution in [3.8, 4) is 5.75 Å². The number of nitrogens with two attached hydrogens (primary N) is 2. The van der Waals surface area contributed by atoms with Gasteiger partial charge in [-0.2, -0.15) is 0 Å². The molecule has 1 aliphatic heterocycles. The fourth-order valence-electron chi connectivity index (χ4n) is 2.65. The van der Waals surface area contributed by atoms with E-state index in [0.29, 0.717) is 37.7 Å². The van der Waals surface area contributed by atoms with Gasteiger partial charge in [0.05, 0.1) is 26.3 Å². The number of anilines is 2. The van der Waals surface area contributed by atoms with E-state index in [1.807, 2.05) is 4.90 Å². The van der Waals surface area contributed by atoms with Crippen LogP contribution in [0.25, 0.3) is 0 Å². The molecule has 0 spiro atoms. The third-order valence-electron chi connectivity index (χ3n) is 4.17. The molecule has 1 aromatic heterocycles. The van der Waals surface area contributed by atoms with Gasteiger partial charge in [-0.1, -0.05) is 12.1 Å². The molecule has 5 N–H and O–H groups in total. The lowest BCUT2D eigenvalue weighted by Gasteiger charge is -2.25. The van der Waals surface area contributed by atoms with E-state index in [1.165, 1.54) is 6.07 Å². The van der Waals surface area contributed by atoms with Crippen molar-refractivity contribution in [2.24, 2.45) is 16.0 Å². The molecule has 0 bridgehead atoms. The summed E-state index contributed by atoms with van der Waals surface area (Å²) in [4.78, 5) is 29.6. The number of hydrogen-bond donors (Lipinski definition) is 3. The molecule has 1 fully saturated rings. The average Bonchev–Trinajstić information content (AvgIpc) is 2.74. The second-order valence-corrected chi connectivity index (χ2v) is 6.38. The number of rotatable bonds is 7. The molecule has 1 aromatic carbocycles. The Balaban J connectivity index is 1.67. The van der Waals surface area contributed by atoms with Crippen molar-refractivity contribution in [2.75, 3.05) is 50.4 Å². The standard InChI is InChI=1S/C19H23N7O4/c20-11-17(27)22-16-6-5-14(19(21)23-16)25-24-13-3-1-2-4-15(13)30-18(28)12-26-7-9-29-10-8-26/h1-6H,7-12,20H2,(H3,21,22,23,27)/b25-24+. The number of nitrogens with one attached hydrogen (secondary N) is 1. The van der Waals surface area contributed by atoms with Crippen LogP contribution in [0.3, 0.4) is 0 Å². The third-order valence-corrected chi connectivity index (χ3v) is 4.17. The summed E-state index contributed by atoms with van der Waals surface area (Å²) < 4.78 is 10.7. The maximum Gasteiger partial charge on any atom is 0.325 e. The van der Waals surface area contributed by atoms with Crippen molar-refractivity contribution in [3.05, 3.63) is 36.4 Å². The minimum absolute atomic E-state index is 0.0790. The molecule has 0 saturated carbocycles. The third kappa shape index (κ3) is 6.04. The number of para-hydroxylation sites is 1. The Labute approximate surface area is 173 Å². The minimum Gasteiger partial charge on any atom is -0.423 e. The van der Waals surface area contributed by atoms with Crippen LogP contribution < -0.4 is 21.5 Å². The maximum atomic E-state index is 12.3. The molecular weight excluding hydrogens is 390 g/mol. The molecule has 158 valence electrons. The molecule has 0 atom stereocenters. The van der Waals surface area contributed by atoms with Crippen LogP contribution in [0.4, 0.5) is 23.0 Å². The number of carbonyl (C=O) groups is 2. The number of esters is 1. The number of nitrogens with zero attached hydrogens (tertiary/aromatic N) is 4. The fraction of sp³-hybridized carbons (Fsp3) is 0.316. The van der Waals surface area contributed by atoms with Crippen molar-refractivity contribution in [1.82, 2.24) is 9.88 Å². The predicted octanol–water partition coefficient (Wildman–Crippen LogP) is 1.21. The number of benzene rings is 1. The summed E-state index contributed by atoms with van der Waals surface area (Å²) in [6, 6.07) is 9.89. The van der Waals surface area contributed by atoms with Gasteiger partial charge in [0.2, 0.25) is 5.91 Å². The van der Waals surface area contributed by atoms with Crippen LogP contribution in [0.2, 0.25) is 0 Å². The zero-order valence-electron chi connectivity index (χ0n) is 16.3. The van der Waals surface area contributed by atoms with Crippen molar-refractivity contribution >= 4 is 34.9 Å². The van der Waals surface area contributed by atoms with Crippen molar-refractivity contribution in [2.45, 2.75) is 0 Å². The lowest BCUT2D eigenvalue weighted by molar-refractivity contribution is -0.136. The topological polar surface area (TPSA) is 158 Å². The van der Waals surface area contributed by atoms with Crippen LogP contribution in [0.1, 0.15) is 0 Å². The van der Waals surface area contributed by atoms with E-state index in [0.717, 1.165) is 0 Å². The molecule has 1 aliphatic rings. The molecule has 3 rings (SSSR count). The zero-order valence-corrected chi connectivity index (χ0v) is 16.3. The van der Waals surface area contributed by atoms with Crippen LogP contribution in [-0.2, 0) is 14.3 Å². The van der Waals surface area contributed by atoms with Crippen LogP contribution in [-0.4, -0.2) is 61.2 Å². The highest BCUT2D eigenvalue weighted by Gasteiger charge is 2.16. The number of azo groups is 1. The Hall–Kier alpha value is -3.41. The predicted molar refractivity (Wildman–Crippen MR) is 110 cm³/mol. The summed E-state index contributed by atoms with van der Waals surface area (Å²) >= 11 is 0. The Morgan fingerprint density at radius 3 is 2.60 bits per heavy atom. The highest BCUT2D eigenvalue weighted by atomic mass is 16.5. The summed E-state index contributed by atoms with van der Waals surface area (Å²) in [5.74, 6) is -0.141. The lowest BCUT2D eigenvalue weighted by atomic mass is 10.3. The number of amides is 1. The van der Waals surface area contributed by atoms with Gasteiger partial charge in [0.25, 0.3) is 0 Å². The SMILES string of the molecule is NCC(=O)Nc1ccc(/N=N/c2ccccc2OC(=O)CN2CCOCC2)c(N)n1. The van der Waals surface area contributed by atoms with Crippen molar-refractivity contribution < 1.29 is 19.1 Å². The van der Waals surface area contributed by atoms with Gasteiger partial charge in [0.1, 0.15) is 17.2 Å². The van der Waals surface area contributed by atoms with E-state index >= 15 is 0 Å². The van der Waals surface area contributed by atoms with Crippen LogP contribution in [0.15, 0.2) is 46.6 Å². The van der Waals surface area contributed by atoms with Crippen LogP contribution in [0.5, 0.6) is 5.75 Å². The van der Waals surface area contributed by atoms with Gasteiger partial charge >= 0.3 is 5.97 Å². The number of nitrogen functional groups attached to an aromatic ring is 1. The van der Waals surface area contributed by atoms with Gasteiger partial charge < -0.3 is 26.3 Å². The molecule has 0 radical (unpaired) electrons. The van der Waals surface area contributed by atoms with Gasteiger partial charge in [0, 0.05) is 13.1 Å². The quantitative estimate of drug-likeness (QED) is 0.347. The molecule has 0 aliphatic carbocycles. The molecule has 0 unspecified atom stereocenters. The van der Waals surface area contributed by atoms with E-state index in [1.54, 1.807) is 30.3 Å². The van der Waals surface area contributed by atoms with E-state index in [2.05, 4.69) is 20.5 Å². The molecule has 30 heavy (non-hydrogen) atoms. The van der Waals surface area contributed by atoms with Crippen molar-refractivity contribution in [3.63, 3.8) is 0 Å². The van der Waals surface area contributed by atoms with E-state index in [-0.39, 0.29) is 42.4 Å². The molecule has 2 aromatic rings. The first-order valence-electron chi connectivity index (χ1n) is 9.33. The smallest absolute Gasteiger partial charge is 0.325 e. The number of carbonyl (C=O) groups excluding carboxylic acids is 2. The number of ether oxygens (including phenoxy) is 2.